The lowest BCUT2D eigenvalue weighted by Crippen LogP contribution is -2.44. The molecule has 18 heavy (non-hydrogen) atoms. The van der Waals surface area contributed by atoms with Crippen LogP contribution in [0.4, 0.5) is 11.5 Å². The van der Waals surface area contributed by atoms with Crippen molar-refractivity contribution in [2.45, 2.75) is 31.7 Å². The fourth-order valence-corrected chi connectivity index (χ4v) is 3.15. The van der Waals surface area contributed by atoms with Crippen LogP contribution in [0.1, 0.15) is 25.7 Å². The van der Waals surface area contributed by atoms with Crippen LogP contribution in [-0.4, -0.2) is 42.1 Å². The van der Waals surface area contributed by atoms with Gasteiger partial charge in [-0.2, -0.15) is 0 Å². The van der Waals surface area contributed by atoms with E-state index in [2.05, 4.69) is 14.8 Å². The average Bonchev–Trinajstić information content (AvgIpc) is 2.94. The Labute approximate surface area is 109 Å². The molecule has 0 bridgehead atoms. The normalized spacial score (nSPS) is 22.6. The van der Waals surface area contributed by atoms with Crippen molar-refractivity contribution in [3.05, 3.63) is 18.3 Å². The average molecular weight is 246 g/mol. The SMILES string of the molecule is Nc1ccc(N2CCC(N3CCCC3)CC2)nc1. The molecule has 2 aliphatic rings. The van der Waals surface area contributed by atoms with Crippen LogP contribution in [0.25, 0.3) is 0 Å². The minimum atomic E-state index is 0.741. The van der Waals surface area contributed by atoms with Gasteiger partial charge in [0.1, 0.15) is 5.82 Å². The summed E-state index contributed by atoms with van der Waals surface area (Å²) in [4.78, 5) is 9.47. The molecule has 98 valence electrons. The Kier molecular flexibility index (Phi) is 3.37. The van der Waals surface area contributed by atoms with Gasteiger partial charge in [-0.25, -0.2) is 4.98 Å². The van der Waals surface area contributed by atoms with Gasteiger partial charge >= 0.3 is 0 Å². The van der Waals surface area contributed by atoms with E-state index in [-0.39, 0.29) is 0 Å². The van der Waals surface area contributed by atoms with E-state index in [1.807, 2.05) is 12.1 Å². The highest BCUT2D eigenvalue weighted by molar-refractivity contribution is 5.46. The second-order valence-electron chi connectivity index (χ2n) is 5.41. The zero-order chi connectivity index (χ0) is 12.4. The van der Waals surface area contributed by atoms with Crippen LogP contribution >= 0.6 is 0 Å². The Hall–Kier alpha value is -1.29. The number of pyridine rings is 1. The zero-order valence-electron chi connectivity index (χ0n) is 10.9. The zero-order valence-corrected chi connectivity index (χ0v) is 10.9. The van der Waals surface area contributed by atoms with E-state index in [0.717, 1.165) is 30.6 Å². The molecular formula is C14H22N4. The molecule has 0 atom stereocenters. The summed E-state index contributed by atoms with van der Waals surface area (Å²) in [5.74, 6) is 1.07. The van der Waals surface area contributed by atoms with Gasteiger partial charge in [0.15, 0.2) is 0 Å². The number of piperidine rings is 1. The maximum Gasteiger partial charge on any atom is 0.128 e. The maximum absolute atomic E-state index is 5.67. The second kappa shape index (κ2) is 5.14. The van der Waals surface area contributed by atoms with Crippen molar-refractivity contribution in [1.29, 1.82) is 0 Å². The number of nitrogen functional groups attached to an aromatic ring is 1. The quantitative estimate of drug-likeness (QED) is 0.863. The van der Waals surface area contributed by atoms with Crippen molar-refractivity contribution < 1.29 is 0 Å². The third kappa shape index (κ3) is 2.43. The van der Waals surface area contributed by atoms with Gasteiger partial charge in [-0.15, -0.1) is 0 Å². The highest BCUT2D eigenvalue weighted by Gasteiger charge is 2.26. The van der Waals surface area contributed by atoms with Crippen LogP contribution in [0.2, 0.25) is 0 Å². The Bertz CT molecular complexity index is 375. The molecule has 0 amide bonds. The molecule has 4 nitrogen and oxygen atoms in total. The molecule has 2 aliphatic heterocycles. The lowest BCUT2D eigenvalue weighted by Gasteiger charge is -2.37. The summed E-state index contributed by atoms with van der Waals surface area (Å²) in [6, 6.07) is 4.78. The Morgan fingerprint density at radius 3 is 2.39 bits per heavy atom. The van der Waals surface area contributed by atoms with Gasteiger partial charge in [-0.3, -0.25) is 0 Å². The third-order valence-electron chi connectivity index (χ3n) is 4.22. The van der Waals surface area contributed by atoms with E-state index in [0.29, 0.717) is 0 Å². The molecule has 0 aliphatic carbocycles. The summed E-state index contributed by atoms with van der Waals surface area (Å²) in [6.07, 6.45) is 7.07. The van der Waals surface area contributed by atoms with Crippen LogP contribution in [0.3, 0.4) is 0 Å². The fourth-order valence-electron chi connectivity index (χ4n) is 3.15. The Morgan fingerprint density at radius 1 is 1.06 bits per heavy atom. The molecule has 0 aromatic carbocycles. The summed E-state index contributed by atoms with van der Waals surface area (Å²) in [5, 5.41) is 0. The Morgan fingerprint density at radius 2 is 1.78 bits per heavy atom. The van der Waals surface area contributed by atoms with Crippen LogP contribution in [0.5, 0.6) is 0 Å². The van der Waals surface area contributed by atoms with Crippen molar-refractivity contribution in [1.82, 2.24) is 9.88 Å². The molecule has 1 aromatic rings. The molecule has 3 rings (SSSR count). The highest BCUT2D eigenvalue weighted by atomic mass is 15.2. The van der Waals surface area contributed by atoms with Crippen LogP contribution in [-0.2, 0) is 0 Å². The number of hydrogen-bond donors (Lipinski definition) is 1. The van der Waals surface area contributed by atoms with Gasteiger partial charge in [0.2, 0.25) is 0 Å². The summed E-state index contributed by atoms with van der Waals surface area (Å²) in [7, 11) is 0. The molecule has 0 saturated carbocycles. The van der Waals surface area contributed by atoms with E-state index >= 15 is 0 Å². The largest absolute Gasteiger partial charge is 0.397 e. The standard InChI is InChI=1S/C14H22N4/c15-12-3-4-14(16-11-12)18-9-5-13(6-10-18)17-7-1-2-8-17/h3-4,11,13H,1-2,5-10,15H2. The van der Waals surface area contributed by atoms with Crippen LogP contribution in [0, 0.1) is 0 Å². The summed E-state index contributed by atoms with van der Waals surface area (Å²) in [6.45, 7) is 4.87. The van der Waals surface area contributed by atoms with E-state index < -0.39 is 0 Å². The summed E-state index contributed by atoms with van der Waals surface area (Å²) < 4.78 is 0. The van der Waals surface area contributed by atoms with Crippen molar-refractivity contribution in [2.24, 2.45) is 0 Å². The maximum atomic E-state index is 5.67. The van der Waals surface area contributed by atoms with Crippen LogP contribution < -0.4 is 10.6 Å². The number of nitrogens with zero attached hydrogens (tertiary/aromatic N) is 3. The Balaban J connectivity index is 1.57. The number of nitrogens with two attached hydrogens (primary N) is 1. The molecule has 4 heteroatoms. The van der Waals surface area contributed by atoms with Gasteiger partial charge in [-0.1, -0.05) is 0 Å². The van der Waals surface area contributed by atoms with Crippen LogP contribution in [0.15, 0.2) is 18.3 Å². The van der Waals surface area contributed by atoms with Gasteiger partial charge in [0.25, 0.3) is 0 Å². The molecule has 0 spiro atoms. The van der Waals surface area contributed by atoms with E-state index in [4.69, 9.17) is 5.73 Å². The smallest absolute Gasteiger partial charge is 0.128 e. The first-order valence-electron chi connectivity index (χ1n) is 7.03. The molecule has 0 unspecified atom stereocenters. The predicted octanol–water partition coefficient (Wildman–Crippen LogP) is 1.73. The first-order chi connectivity index (χ1) is 8.83. The van der Waals surface area contributed by atoms with Crippen molar-refractivity contribution in [2.75, 3.05) is 36.8 Å². The number of hydrogen-bond acceptors (Lipinski definition) is 4. The van der Waals surface area contributed by atoms with Crippen molar-refractivity contribution >= 4 is 11.5 Å². The lowest BCUT2D eigenvalue weighted by atomic mass is 10.0. The first-order valence-corrected chi connectivity index (χ1v) is 7.03. The summed E-state index contributed by atoms with van der Waals surface area (Å²) >= 11 is 0. The number of anilines is 2. The predicted molar refractivity (Wildman–Crippen MR) is 74.7 cm³/mol. The molecular weight excluding hydrogens is 224 g/mol. The fraction of sp³-hybridized carbons (Fsp3) is 0.643. The number of likely N-dealkylation sites (tertiary alicyclic amines) is 1. The first kappa shape index (κ1) is 11.8. The van der Waals surface area contributed by atoms with E-state index in [9.17, 15) is 0 Å². The topological polar surface area (TPSA) is 45.4 Å². The van der Waals surface area contributed by atoms with Gasteiger partial charge in [-0.05, 0) is 50.9 Å². The van der Waals surface area contributed by atoms with E-state index in [1.54, 1.807) is 6.20 Å². The molecule has 0 radical (unpaired) electrons. The molecule has 2 saturated heterocycles. The third-order valence-corrected chi connectivity index (χ3v) is 4.22. The van der Waals surface area contributed by atoms with E-state index in [1.165, 1.54) is 38.8 Å². The lowest BCUT2D eigenvalue weighted by molar-refractivity contribution is 0.207. The van der Waals surface area contributed by atoms with Crippen molar-refractivity contribution in [3.8, 4) is 0 Å². The molecule has 2 N–H and O–H groups in total. The minimum Gasteiger partial charge on any atom is -0.397 e. The van der Waals surface area contributed by atoms with Gasteiger partial charge in [0.05, 0.1) is 11.9 Å². The highest BCUT2D eigenvalue weighted by Crippen LogP contribution is 2.23. The minimum absolute atomic E-state index is 0.741. The van der Waals surface area contributed by atoms with Gasteiger partial charge < -0.3 is 15.5 Å². The monoisotopic (exact) mass is 246 g/mol. The molecule has 3 heterocycles. The number of rotatable bonds is 2. The van der Waals surface area contributed by atoms with Crippen molar-refractivity contribution in [3.63, 3.8) is 0 Å². The molecule has 1 aromatic heterocycles. The number of aromatic nitrogens is 1. The molecule has 2 fully saturated rings. The summed E-state index contributed by atoms with van der Waals surface area (Å²) in [5.41, 5.74) is 6.41. The second-order valence-corrected chi connectivity index (χ2v) is 5.41. The van der Waals surface area contributed by atoms with Gasteiger partial charge in [0, 0.05) is 19.1 Å².